The summed E-state index contributed by atoms with van der Waals surface area (Å²) in [6, 6.07) is 17.0. The van der Waals surface area contributed by atoms with Gasteiger partial charge in [0.2, 0.25) is 0 Å². The van der Waals surface area contributed by atoms with Gasteiger partial charge in [-0.1, -0.05) is 24.3 Å². The topological polar surface area (TPSA) is 73.2 Å². The van der Waals surface area contributed by atoms with E-state index in [-0.39, 0.29) is 11.9 Å². The van der Waals surface area contributed by atoms with Crippen LogP contribution in [0.25, 0.3) is 5.69 Å². The first-order valence-electron chi connectivity index (χ1n) is 10.2. The molecule has 154 valence electrons. The number of rotatable bonds is 5. The third kappa shape index (κ3) is 4.13. The van der Waals surface area contributed by atoms with Crippen molar-refractivity contribution >= 4 is 11.9 Å². The summed E-state index contributed by atoms with van der Waals surface area (Å²) in [6.45, 7) is 3.56. The normalized spacial score (nSPS) is 16.4. The van der Waals surface area contributed by atoms with Crippen molar-refractivity contribution < 1.29 is 14.3 Å². The van der Waals surface area contributed by atoms with Crippen LogP contribution in [0.4, 0.5) is 0 Å². The van der Waals surface area contributed by atoms with E-state index in [0.29, 0.717) is 5.56 Å². The monoisotopic (exact) mass is 403 g/mol. The van der Waals surface area contributed by atoms with E-state index in [1.54, 1.807) is 42.1 Å². The number of hydrogen-bond acceptors (Lipinski definition) is 4. The van der Waals surface area contributed by atoms with Gasteiger partial charge in [0, 0.05) is 11.9 Å². The number of carbonyl (C=O) groups excluding carboxylic acids is 2. The van der Waals surface area contributed by atoms with Gasteiger partial charge in [0.15, 0.2) is 6.10 Å². The molecule has 0 aliphatic heterocycles. The number of benzene rings is 2. The van der Waals surface area contributed by atoms with Crippen LogP contribution >= 0.6 is 0 Å². The first-order valence-corrected chi connectivity index (χ1v) is 10.2. The molecule has 0 saturated carbocycles. The number of ether oxygens (including phenoxy) is 1. The summed E-state index contributed by atoms with van der Waals surface area (Å²) in [5, 5.41) is 7.29. The molecule has 1 heterocycles. The summed E-state index contributed by atoms with van der Waals surface area (Å²) in [6.07, 6.45) is 3.79. The molecule has 0 fully saturated rings. The van der Waals surface area contributed by atoms with E-state index in [0.717, 1.165) is 36.2 Å². The van der Waals surface area contributed by atoms with Gasteiger partial charge in [-0.2, -0.15) is 5.10 Å². The van der Waals surface area contributed by atoms with Gasteiger partial charge in [-0.15, -0.1) is 0 Å². The SMILES string of the molecule is Cc1ccnn1-c1ccc(C(=O)O[C@H](C)C(=O)N[C@@H]2CCCc3ccccc32)cc1. The smallest absolute Gasteiger partial charge is 0.338 e. The molecule has 4 rings (SSSR count). The molecule has 1 aliphatic rings. The van der Waals surface area contributed by atoms with Crippen molar-refractivity contribution in [2.45, 2.75) is 45.3 Å². The first kappa shape index (κ1) is 19.9. The third-order valence-electron chi connectivity index (χ3n) is 5.52. The van der Waals surface area contributed by atoms with Crippen LogP contribution in [0.5, 0.6) is 0 Å². The Morgan fingerprint density at radius 1 is 1.13 bits per heavy atom. The van der Waals surface area contributed by atoms with Crippen LogP contribution in [-0.4, -0.2) is 27.8 Å². The molecular weight excluding hydrogens is 378 g/mol. The molecular formula is C24H25N3O3. The lowest BCUT2D eigenvalue weighted by Gasteiger charge is -2.27. The van der Waals surface area contributed by atoms with Gasteiger partial charge >= 0.3 is 5.97 Å². The Labute approximate surface area is 175 Å². The number of aryl methyl sites for hydroxylation is 2. The maximum atomic E-state index is 12.6. The lowest BCUT2D eigenvalue weighted by atomic mass is 9.87. The van der Waals surface area contributed by atoms with Crippen LogP contribution < -0.4 is 5.32 Å². The second-order valence-corrected chi connectivity index (χ2v) is 7.63. The Bertz CT molecular complexity index is 1060. The van der Waals surface area contributed by atoms with Crippen LogP contribution in [-0.2, 0) is 16.0 Å². The lowest BCUT2D eigenvalue weighted by molar-refractivity contribution is -0.130. The van der Waals surface area contributed by atoms with Crippen LogP contribution in [0.15, 0.2) is 60.8 Å². The fourth-order valence-corrected chi connectivity index (χ4v) is 3.85. The van der Waals surface area contributed by atoms with Gasteiger partial charge in [0.05, 0.1) is 17.3 Å². The Hall–Kier alpha value is -3.41. The number of fused-ring (bicyclic) bond motifs is 1. The third-order valence-corrected chi connectivity index (χ3v) is 5.52. The quantitative estimate of drug-likeness (QED) is 0.656. The van der Waals surface area contributed by atoms with Crippen molar-refractivity contribution in [1.82, 2.24) is 15.1 Å². The highest BCUT2D eigenvalue weighted by molar-refractivity contribution is 5.92. The molecule has 1 aromatic heterocycles. The molecule has 30 heavy (non-hydrogen) atoms. The van der Waals surface area contributed by atoms with Crippen molar-refractivity contribution in [3.8, 4) is 5.69 Å². The van der Waals surface area contributed by atoms with Crippen LogP contribution in [0, 0.1) is 6.92 Å². The fraction of sp³-hybridized carbons (Fsp3) is 0.292. The zero-order chi connectivity index (χ0) is 21.1. The summed E-state index contributed by atoms with van der Waals surface area (Å²) in [5.41, 5.74) is 4.67. The fourth-order valence-electron chi connectivity index (χ4n) is 3.85. The number of carbonyl (C=O) groups is 2. The highest BCUT2D eigenvalue weighted by atomic mass is 16.5. The average Bonchev–Trinajstić information content (AvgIpc) is 3.20. The Morgan fingerprint density at radius 2 is 1.90 bits per heavy atom. The molecule has 3 aromatic rings. The Morgan fingerprint density at radius 3 is 2.63 bits per heavy atom. The number of esters is 1. The second-order valence-electron chi connectivity index (χ2n) is 7.63. The average molecular weight is 403 g/mol. The zero-order valence-corrected chi connectivity index (χ0v) is 17.2. The van der Waals surface area contributed by atoms with Crippen molar-refractivity contribution in [1.29, 1.82) is 0 Å². The van der Waals surface area contributed by atoms with Crippen LogP contribution in [0.1, 0.15) is 53.0 Å². The van der Waals surface area contributed by atoms with Crippen LogP contribution in [0.2, 0.25) is 0 Å². The van der Waals surface area contributed by atoms with Gasteiger partial charge in [-0.05, 0) is 74.6 Å². The summed E-state index contributed by atoms with van der Waals surface area (Å²) in [5.74, 6) is -0.806. The van der Waals surface area contributed by atoms with Crippen molar-refractivity contribution in [2.24, 2.45) is 0 Å². The highest BCUT2D eigenvalue weighted by Crippen LogP contribution is 2.29. The minimum Gasteiger partial charge on any atom is -0.449 e. The van der Waals surface area contributed by atoms with Crippen LogP contribution in [0.3, 0.4) is 0 Å². The molecule has 1 N–H and O–H groups in total. The van der Waals surface area contributed by atoms with Gasteiger partial charge in [0.25, 0.3) is 5.91 Å². The largest absolute Gasteiger partial charge is 0.449 e. The maximum absolute atomic E-state index is 12.6. The summed E-state index contributed by atoms with van der Waals surface area (Å²) in [4.78, 5) is 25.1. The van der Waals surface area contributed by atoms with E-state index < -0.39 is 12.1 Å². The number of aromatic nitrogens is 2. The number of amides is 1. The van der Waals surface area contributed by atoms with E-state index in [1.165, 1.54) is 5.56 Å². The minimum atomic E-state index is -0.875. The van der Waals surface area contributed by atoms with Gasteiger partial charge < -0.3 is 10.1 Å². The van der Waals surface area contributed by atoms with Crippen molar-refractivity contribution in [2.75, 3.05) is 0 Å². The molecule has 0 bridgehead atoms. The standard InChI is InChI=1S/C24H25N3O3/c1-16-14-15-25-27(16)20-12-10-19(11-13-20)24(29)30-17(2)23(28)26-22-9-5-7-18-6-3-4-8-21(18)22/h3-4,6,8,10-15,17,22H,5,7,9H2,1-2H3,(H,26,28)/t17-,22-/m1/s1. The molecule has 1 aliphatic carbocycles. The molecule has 2 atom stereocenters. The minimum absolute atomic E-state index is 0.0415. The summed E-state index contributed by atoms with van der Waals surface area (Å²) < 4.78 is 7.19. The van der Waals surface area contributed by atoms with E-state index in [9.17, 15) is 9.59 Å². The van der Waals surface area contributed by atoms with Crippen molar-refractivity contribution in [3.63, 3.8) is 0 Å². The molecule has 6 nitrogen and oxygen atoms in total. The Balaban J connectivity index is 1.38. The van der Waals surface area contributed by atoms with E-state index in [2.05, 4.69) is 22.5 Å². The first-order chi connectivity index (χ1) is 14.5. The number of nitrogens with one attached hydrogen (secondary N) is 1. The number of nitrogens with zero attached hydrogens (tertiary/aromatic N) is 2. The summed E-state index contributed by atoms with van der Waals surface area (Å²) >= 11 is 0. The Kier molecular flexibility index (Phi) is 5.65. The molecule has 0 spiro atoms. The maximum Gasteiger partial charge on any atom is 0.338 e. The lowest BCUT2D eigenvalue weighted by Crippen LogP contribution is -2.39. The van der Waals surface area contributed by atoms with E-state index in [4.69, 9.17) is 4.74 Å². The zero-order valence-electron chi connectivity index (χ0n) is 17.2. The highest BCUT2D eigenvalue weighted by Gasteiger charge is 2.25. The van der Waals surface area contributed by atoms with E-state index in [1.807, 2.05) is 25.1 Å². The van der Waals surface area contributed by atoms with Crippen molar-refractivity contribution in [3.05, 3.63) is 83.2 Å². The molecule has 6 heteroatoms. The molecule has 2 aromatic carbocycles. The molecule has 0 unspecified atom stereocenters. The van der Waals surface area contributed by atoms with Gasteiger partial charge in [-0.25, -0.2) is 9.48 Å². The molecule has 1 amide bonds. The molecule has 0 saturated heterocycles. The van der Waals surface area contributed by atoms with Gasteiger partial charge in [-0.3, -0.25) is 4.79 Å². The molecule has 0 radical (unpaired) electrons. The predicted octanol–water partition coefficient (Wildman–Crippen LogP) is 3.92. The van der Waals surface area contributed by atoms with Gasteiger partial charge in [0.1, 0.15) is 0 Å². The summed E-state index contributed by atoms with van der Waals surface area (Å²) in [7, 11) is 0. The van der Waals surface area contributed by atoms with E-state index >= 15 is 0 Å². The second kappa shape index (κ2) is 8.53. The predicted molar refractivity (Wildman–Crippen MR) is 113 cm³/mol. The number of hydrogen-bond donors (Lipinski definition) is 1.